The molecule has 0 amide bonds. The van der Waals surface area contributed by atoms with E-state index in [0.29, 0.717) is 64.5 Å². The van der Waals surface area contributed by atoms with Crippen LogP contribution in [0.5, 0.6) is 40.2 Å². The van der Waals surface area contributed by atoms with Gasteiger partial charge in [0.05, 0.1) is 37.6 Å². The number of nitrogens with one attached hydrogen (secondary N) is 1. The van der Waals surface area contributed by atoms with Gasteiger partial charge in [-0.3, -0.25) is 15.1 Å². The molecule has 0 aromatic heterocycles. The van der Waals surface area contributed by atoms with Crippen LogP contribution in [0, 0.1) is 13.8 Å². The number of hydrogen-bond acceptors (Lipinski definition) is 18. The van der Waals surface area contributed by atoms with E-state index >= 15 is 4.79 Å². The minimum absolute atomic E-state index is 0.00645. The zero-order valence-corrected chi connectivity index (χ0v) is 40.5. The predicted molar refractivity (Wildman–Crippen MR) is 256 cm³/mol. The molecule has 0 radical (unpaired) electrons. The van der Waals surface area contributed by atoms with Crippen molar-refractivity contribution in [3.63, 3.8) is 0 Å². The number of aliphatic hydroxyl groups is 1. The molecule has 2 saturated heterocycles. The first kappa shape index (κ1) is 46.7. The first-order valence-corrected chi connectivity index (χ1v) is 24.5. The minimum atomic E-state index is -1.48. The third-order valence-corrected chi connectivity index (χ3v) is 16.3. The van der Waals surface area contributed by atoms with Crippen LogP contribution in [0.4, 0.5) is 9.59 Å². The van der Waals surface area contributed by atoms with E-state index in [9.17, 15) is 19.8 Å². The maximum absolute atomic E-state index is 15.1. The Balaban J connectivity index is 1.02. The molecule has 2 fully saturated rings. The van der Waals surface area contributed by atoms with Crippen molar-refractivity contribution in [3.8, 4) is 40.2 Å². The number of carbonyl (C=O) groups is 3. The summed E-state index contributed by atoms with van der Waals surface area (Å²) >= 11 is 1.41. The first-order valence-electron chi connectivity index (χ1n) is 23.5. The number of aromatic hydroxyl groups is 1. The number of rotatable bonds is 8. The maximum Gasteiger partial charge on any atom is 0.514 e. The number of phenols is 1. The lowest BCUT2D eigenvalue weighted by atomic mass is 9.73. The van der Waals surface area contributed by atoms with E-state index in [4.69, 9.17) is 42.6 Å². The summed E-state index contributed by atoms with van der Waals surface area (Å²) in [5.41, 5.74) is 5.21. The Hall–Kier alpha value is -6.70. The van der Waals surface area contributed by atoms with Crippen LogP contribution < -0.4 is 33.7 Å². The molecular weight excluding hydrogens is 935 g/mol. The third-order valence-electron chi connectivity index (χ3n) is 14.8. The Morgan fingerprint density at radius 2 is 1.52 bits per heavy atom. The number of hydrogen-bond donors (Lipinski definition) is 3. The van der Waals surface area contributed by atoms with E-state index in [1.807, 2.05) is 85.6 Å². The van der Waals surface area contributed by atoms with Crippen LogP contribution in [0.3, 0.4) is 0 Å². The Morgan fingerprint density at radius 3 is 2.21 bits per heavy atom. The van der Waals surface area contributed by atoms with Crippen LogP contribution in [0.2, 0.25) is 0 Å². The molecular formula is C53H53N3O14S. The van der Waals surface area contributed by atoms with Crippen molar-refractivity contribution in [1.29, 1.82) is 0 Å². The normalized spacial score (nSPS) is 24.9. The van der Waals surface area contributed by atoms with Gasteiger partial charge in [-0.15, -0.1) is 11.8 Å². The summed E-state index contributed by atoms with van der Waals surface area (Å²) in [6.45, 7) is 3.64. The monoisotopic (exact) mass is 987 g/mol. The number of esters is 1. The lowest BCUT2D eigenvalue weighted by Crippen LogP contribution is -2.70. The number of phenolic OH excluding ortho intramolecular Hbond substituents is 1. The molecule has 7 aliphatic rings. The van der Waals surface area contributed by atoms with Crippen LogP contribution in [0.1, 0.15) is 73.0 Å². The summed E-state index contributed by atoms with van der Waals surface area (Å²) < 4.78 is 53.7. The van der Waals surface area contributed by atoms with E-state index in [-0.39, 0.29) is 55.4 Å². The molecule has 5 aromatic carbocycles. The highest BCUT2D eigenvalue weighted by atomic mass is 32.2. The van der Waals surface area contributed by atoms with Gasteiger partial charge in [0.25, 0.3) is 0 Å². The van der Waals surface area contributed by atoms with Crippen molar-refractivity contribution >= 4 is 30.0 Å². The zero-order chi connectivity index (χ0) is 49.3. The van der Waals surface area contributed by atoms with Crippen molar-refractivity contribution in [3.05, 3.63) is 134 Å². The van der Waals surface area contributed by atoms with Gasteiger partial charge in [-0.05, 0) is 79.3 Å². The number of nitrogens with zero attached hydrogens (tertiary/aromatic N) is 2. The number of methoxy groups -OCH3 is 2. The molecule has 0 aliphatic carbocycles. The van der Waals surface area contributed by atoms with Gasteiger partial charge in [-0.25, -0.2) is 14.4 Å². The molecule has 71 heavy (non-hydrogen) atoms. The Bertz CT molecular complexity index is 2940. The van der Waals surface area contributed by atoms with Gasteiger partial charge in [0, 0.05) is 40.6 Å². The van der Waals surface area contributed by atoms with Crippen LogP contribution in [0.25, 0.3) is 0 Å². The summed E-state index contributed by atoms with van der Waals surface area (Å²) in [5, 5.41) is 28.2. The molecule has 0 saturated carbocycles. The molecule has 1 unspecified atom stereocenters. The van der Waals surface area contributed by atoms with Gasteiger partial charge in [0.2, 0.25) is 6.79 Å². The molecule has 18 heteroatoms. The number of piperazine rings is 1. The molecule has 7 heterocycles. The number of aryl methyl sites for hydroxylation is 1. The molecule has 17 nitrogen and oxygen atoms in total. The molecule has 1 spiro atoms. The molecule has 7 aliphatic heterocycles. The van der Waals surface area contributed by atoms with E-state index < -0.39 is 59.5 Å². The number of likely N-dealkylation sites (N-methyl/N-ethyl adjacent to an activating group) is 1. The molecule has 370 valence electrons. The fourth-order valence-electron chi connectivity index (χ4n) is 11.5. The highest BCUT2D eigenvalue weighted by Gasteiger charge is 2.61. The number of ether oxygens (including phenoxy) is 9. The van der Waals surface area contributed by atoms with E-state index in [1.54, 1.807) is 19.1 Å². The average Bonchev–Trinajstić information content (AvgIpc) is 3.87. The molecule has 5 aromatic rings. The smallest absolute Gasteiger partial charge is 0.507 e. The van der Waals surface area contributed by atoms with Gasteiger partial charge in [-0.2, -0.15) is 0 Å². The lowest BCUT2D eigenvalue weighted by Gasteiger charge is -2.62. The minimum Gasteiger partial charge on any atom is -0.507 e. The Labute approximate surface area is 413 Å². The SMILES string of the molecule is COc1cc2c(cc1OC(=O)OCc1ccccc1)CCN[C@]21CS[C@@H]2c3c(O)c(C)c4c(c3[C@H](COC1=O)N1C2[C@@H]2c3c(cc(C)c(OC)c3OC(=O)OCc3ccccc3)C[C@@H]([C@@H]1O)N2C)OCO4. The molecule has 12 rings (SSSR count). The average molecular weight is 988 g/mol. The summed E-state index contributed by atoms with van der Waals surface area (Å²) in [4.78, 5) is 46.1. The maximum atomic E-state index is 15.1. The van der Waals surface area contributed by atoms with Crippen LogP contribution in [0.15, 0.2) is 78.9 Å². The standard InChI is InChI=1S/C53H53N3O14S/c1-27-18-32-19-34-49(58)56-35-24-64-50(59)53(33-21-36(62-4)37(20-31(33)16-17-54-53)69-51(60)65-22-29-12-8-6-9-13-29)25-71-48(40-39(35)46-45(67-26-68-46)28(2)43(40)57)42(56)41(55(34)3)38(32)47(44(27)63-5)70-52(61)66-23-30-14-10-7-11-15-30/h6-15,18,20-21,34-35,41-42,48-49,54,57-58H,16-17,19,22-26H2,1-5H3/t34-,35-,41-,42?,48+,49-,53+/m0/s1. The summed E-state index contributed by atoms with van der Waals surface area (Å²) in [7, 11) is 4.91. The second-order valence-corrected chi connectivity index (χ2v) is 19.7. The first-order chi connectivity index (χ1) is 34.4. The molecule has 3 N–H and O–H groups in total. The van der Waals surface area contributed by atoms with E-state index in [2.05, 4.69) is 10.2 Å². The van der Waals surface area contributed by atoms with E-state index in [0.717, 1.165) is 27.8 Å². The van der Waals surface area contributed by atoms with Gasteiger partial charge < -0.3 is 52.8 Å². The predicted octanol–water partition coefficient (Wildman–Crippen LogP) is 7.21. The lowest BCUT2D eigenvalue weighted by molar-refractivity contribution is -0.186. The molecule has 4 bridgehead atoms. The van der Waals surface area contributed by atoms with Crippen LogP contribution in [-0.4, -0.2) is 104 Å². The zero-order valence-electron chi connectivity index (χ0n) is 39.7. The Kier molecular flexibility index (Phi) is 12.1. The third kappa shape index (κ3) is 7.74. The summed E-state index contributed by atoms with van der Waals surface area (Å²) in [5.74, 6) is 1.13. The highest BCUT2D eigenvalue weighted by molar-refractivity contribution is 7.99. The quantitative estimate of drug-likeness (QED) is 0.0801. The summed E-state index contributed by atoms with van der Waals surface area (Å²) in [6, 6.07) is 21.3. The molecule has 7 atom stereocenters. The second kappa shape index (κ2) is 18.5. The van der Waals surface area contributed by atoms with Crippen molar-refractivity contribution in [2.24, 2.45) is 0 Å². The van der Waals surface area contributed by atoms with Crippen molar-refractivity contribution in [1.82, 2.24) is 15.1 Å². The number of aliphatic hydroxyl groups excluding tert-OH is 1. The van der Waals surface area contributed by atoms with Gasteiger partial charge in [0.1, 0.15) is 31.8 Å². The van der Waals surface area contributed by atoms with Crippen LogP contribution in [-0.2, 0) is 50.6 Å². The summed E-state index contributed by atoms with van der Waals surface area (Å²) in [6.07, 6.45) is -2.13. The van der Waals surface area contributed by atoms with E-state index in [1.165, 1.54) is 26.0 Å². The van der Waals surface area contributed by atoms with Gasteiger partial charge in [0.15, 0.2) is 40.0 Å². The van der Waals surface area contributed by atoms with Crippen LogP contribution >= 0.6 is 11.8 Å². The fourth-order valence-corrected chi connectivity index (χ4v) is 13.2. The van der Waals surface area contributed by atoms with Crippen molar-refractivity contribution in [2.75, 3.05) is 47.0 Å². The van der Waals surface area contributed by atoms with Gasteiger partial charge >= 0.3 is 18.3 Å². The topological polar surface area (TPSA) is 193 Å². The fraction of sp³-hybridized carbons (Fsp3) is 0.377. The highest BCUT2D eigenvalue weighted by Crippen LogP contribution is 2.64. The van der Waals surface area contributed by atoms with Gasteiger partial charge in [-0.1, -0.05) is 66.7 Å². The Morgan fingerprint density at radius 1 is 0.831 bits per heavy atom. The number of benzene rings is 5. The van der Waals surface area contributed by atoms with Crippen molar-refractivity contribution < 1.29 is 67.2 Å². The number of carbonyl (C=O) groups excluding carboxylic acids is 3. The number of fused-ring (bicyclic) bond motifs is 9. The second-order valence-electron chi connectivity index (χ2n) is 18.6. The number of thioether (sulfide) groups is 1. The largest absolute Gasteiger partial charge is 0.514 e. The van der Waals surface area contributed by atoms with Crippen molar-refractivity contribution in [2.45, 2.75) is 81.1 Å².